The fourth-order valence-electron chi connectivity index (χ4n) is 1.81. The van der Waals surface area contributed by atoms with Crippen LogP contribution < -0.4 is 0 Å². The molecule has 0 spiro atoms. The van der Waals surface area contributed by atoms with Crippen LogP contribution in [0.25, 0.3) is 0 Å². The minimum atomic E-state index is -1.58. The van der Waals surface area contributed by atoms with E-state index < -0.39 is 8.32 Å². The van der Waals surface area contributed by atoms with Gasteiger partial charge in [-0.15, -0.1) is 11.6 Å². The third kappa shape index (κ3) is 3.72. The average Bonchev–Trinajstić information content (AvgIpc) is 2.50. The molecule has 0 radical (unpaired) electrons. The van der Waals surface area contributed by atoms with E-state index in [0.717, 1.165) is 25.5 Å². The molecule has 1 atom stereocenters. The van der Waals surface area contributed by atoms with E-state index in [1.165, 1.54) is 6.42 Å². The van der Waals surface area contributed by atoms with Crippen molar-refractivity contribution in [3.63, 3.8) is 0 Å². The SMILES string of the molecule is CC(C)(C)[Si](C)(C)OC1CCN(CCCl)C1. The molecule has 0 amide bonds. The van der Waals surface area contributed by atoms with Crippen molar-refractivity contribution in [2.75, 3.05) is 25.5 Å². The summed E-state index contributed by atoms with van der Waals surface area (Å²) in [6.07, 6.45) is 1.60. The van der Waals surface area contributed by atoms with E-state index in [9.17, 15) is 0 Å². The Bertz CT molecular complexity index is 228. The van der Waals surface area contributed by atoms with E-state index in [0.29, 0.717) is 11.1 Å². The summed E-state index contributed by atoms with van der Waals surface area (Å²) in [5.74, 6) is 0.729. The second-order valence-corrected chi connectivity index (χ2v) is 11.4. The first kappa shape index (κ1) is 14.5. The number of halogens is 1. The molecule has 0 N–H and O–H groups in total. The maximum atomic E-state index is 6.39. The molecular weight excluding hydrogens is 238 g/mol. The van der Waals surface area contributed by atoms with E-state index >= 15 is 0 Å². The fraction of sp³-hybridized carbons (Fsp3) is 1.00. The van der Waals surface area contributed by atoms with E-state index in [-0.39, 0.29) is 0 Å². The van der Waals surface area contributed by atoms with Crippen LogP contribution in [0.5, 0.6) is 0 Å². The molecule has 16 heavy (non-hydrogen) atoms. The van der Waals surface area contributed by atoms with Crippen LogP contribution in [0, 0.1) is 0 Å². The van der Waals surface area contributed by atoms with E-state index in [4.69, 9.17) is 16.0 Å². The first-order chi connectivity index (χ1) is 7.26. The van der Waals surface area contributed by atoms with E-state index in [2.05, 4.69) is 38.8 Å². The highest BCUT2D eigenvalue weighted by Crippen LogP contribution is 2.38. The third-order valence-electron chi connectivity index (χ3n) is 3.90. The van der Waals surface area contributed by atoms with Crippen molar-refractivity contribution in [2.24, 2.45) is 0 Å². The van der Waals surface area contributed by atoms with Gasteiger partial charge in [0.25, 0.3) is 0 Å². The topological polar surface area (TPSA) is 12.5 Å². The summed E-state index contributed by atoms with van der Waals surface area (Å²) in [5.41, 5.74) is 0. The van der Waals surface area contributed by atoms with Crippen LogP contribution in [0.15, 0.2) is 0 Å². The highest BCUT2D eigenvalue weighted by atomic mass is 35.5. The van der Waals surface area contributed by atoms with Crippen LogP contribution in [0.2, 0.25) is 18.1 Å². The largest absolute Gasteiger partial charge is 0.413 e. The van der Waals surface area contributed by atoms with Gasteiger partial charge in [0.15, 0.2) is 8.32 Å². The molecule has 0 aliphatic carbocycles. The van der Waals surface area contributed by atoms with Gasteiger partial charge in [0.2, 0.25) is 0 Å². The van der Waals surface area contributed by atoms with Crippen LogP contribution >= 0.6 is 11.6 Å². The Labute approximate surface area is 106 Å². The van der Waals surface area contributed by atoms with Crippen molar-refractivity contribution in [1.82, 2.24) is 4.90 Å². The molecule has 96 valence electrons. The molecule has 4 heteroatoms. The maximum Gasteiger partial charge on any atom is 0.192 e. The van der Waals surface area contributed by atoms with E-state index in [1.54, 1.807) is 0 Å². The van der Waals surface area contributed by atoms with E-state index in [1.807, 2.05) is 0 Å². The predicted octanol–water partition coefficient (Wildman–Crippen LogP) is 3.32. The van der Waals surface area contributed by atoms with Gasteiger partial charge in [-0.05, 0) is 24.6 Å². The highest BCUT2D eigenvalue weighted by molar-refractivity contribution is 6.74. The molecule has 1 unspecified atom stereocenters. The summed E-state index contributed by atoms with van der Waals surface area (Å²) in [6, 6.07) is 0. The lowest BCUT2D eigenvalue weighted by Gasteiger charge is -2.38. The minimum absolute atomic E-state index is 0.312. The van der Waals surface area contributed by atoms with Gasteiger partial charge in [-0.1, -0.05) is 20.8 Å². The molecule has 1 saturated heterocycles. The van der Waals surface area contributed by atoms with Crippen LogP contribution in [0.3, 0.4) is 0 Å². The zero-order valence-electron chi connectivity index (χ0n) is 11.3. The Hall–Kier alpha value is 0.427. The van der Waals surface area contributed by atoms with Crippen molar-refractivity contribution in [3.8, 4) is 0 Å². The number of alkyl halides is 1. The van der Waals surface area contributed by atoms with Crippen molar-refractivity contribution < 1.29 is 4.43 Å². The summed E-state index contributed by atoms with van der Waals surface area (Å²) in [4.78, 5) is 2.41. The summed E-state index contributed by atoms with van der Waals surface area (Å²) in [7, 11) is -1.58. The molecule has 0 bridgehead atoms. The Balaban J connectivity index is 2.45. The van der Waals surface area contributed by atoms with Gasteiger partial charge in [0.1, 0.15) is 0 Å². The van der Waals surface area contributed by atoms with Gasteiger partial charge in [-0.25, -0.2) is 0 Å². The van der Waals surface area contributed by atoms with Crippen molar-refractivity contribution in [2.45, 2.75) is 51.4 Å². The van der Waals surface area contributed by atoms with Gasteiger partial charge < -0.3 is 4.43 Å². The molecule has 1 fully saturated rings. The lowest BCUT2D eigenvalue weighted by molar-refractivity contribution is 0.183. The molecule has 0 aromatic rings. The molecule has 0 aromatic heterocycles. The van der Waals surface area contributed by atoms with Gasteiger partial charge in [0.05, 0.1) is 6.10 Å². The number of hydrogen-bond donors (Lipinski definition) is 0. The smallest absolute Gasteiger partial charge is 0.192 e. The quantitative estimate of drug-likeness (QED) is 0.570. The average molecular weight is 264 g/mol. The summed E-state index contributed by atoms with van der Waals surface area (Å²) >= 11 is 5.76. The molecule has 1 aliphatic rings. The predicted molar refractivity (Wildman–Crippen MR) is 73.8 cm³/mol. The Morgan fingerprint density at radius 2 is 2.00 bits per heavy atom. The van der Waals surface area contributed by atoms with Gasteiger partial charge in [-0.3, -0.25) is 4.90 Å². The van der Waals surface area contributed by atoms with Crippen molar-refractivity contribution in [1.29, 1.82) is 0 Å². The zero-order valence-corrected chi connectivity index (χ0v) is 13.1. The van der Waals surface area contributed by atoms with Gasteiger partial charge in [0, 0.05) is 25.5 Å². The van der Waals surface area contributed by atoms with Crippen LogP contribution in [0.4, 0.5) is 0 Å². The standard InChI is InChI=1S/C12H26ClNOSi/c1-12(2,3)16(4,5)15-11-6-8-14(10-11)9-7-13/h11H,6-10H2,1-5H3. The van der Waals surface area contributed by atoms with Crippen molar-refractivity contribution in [3.05, 3.63) is 0 Å². The normalized spacial score (nSPS) is 24.0. The highest BCUT2D eigenvalue weighted by Gasteiger charge is 2.40. The van der Waals surface area contributed by atoms with Crippen LogP contribution in [-0.4, -0.2) is 44.8 Å². The fourth-order valence-corrected chi connectivity index (χ4v) is 3.43. The third-order valence-corrected chi connectivity index (χ3v) is 8.60. The molecule has 0 aromatic carbocycles. The van der Waals surface area contributed by atoms with Crippen LogP contribution in [0.1, 0.15) is 27.2 Å². The second kappa shape index (κ2) is 5.38. The first-order valence-electron chi connectivity index (χ1n) is 6.22. The summed E-state index contributed by atoms with van der Waals surface area (Å²) < 4.78 is 6.39. The Kier molecular flexibility index (Phi) is 4.87. The maximum absolute atomic E-state index is 6.39. The molecule has 0 saturated carbocycles. The number of nitrogens with zero attached hydrogens (tertiary/aromatic N) is 1. The molecule has 1 heterocycles. The Morgan fingerprint density at radius 3 is 2.50 bits per heavy atom. The van der Waals surface area contributed by atoms with Crippen molar-refractivity contribution >= 4 is 19.9 Å². The minimum Gasteiger partial charge on any atom is -0.413 e. The first-order valence-corrected chi connectivity index (χ1v) is 9.67. The molecule has 1 rings (SSSR count). The lowest BCUT2D eigenvalue weighted by atomic mass is 10.2. The molecule has 2 nitrogen and oxygen atoms in total. The number of hydrogen-bond acceptors (Lipinski definition) is 2. The van der Waals surface area contributed by atoms with Gasteiger partial charge in [-0.2, -0.15) is 0 Å². The summed E-state index contributed by atoms with van der Waals surface area (Å²) in [5, 5.41) is 0.312. The monoisotopic (exact) mass is 263 g/mol. The Morgan fingerprint density at radius 1 is 1.38 bits per heavy atom. The molecular formula is C12H26ClNOSi. The second-order valence-electron chi connectivity index (χ2n) is 6.28. The van der Waals surface area contributed by atoms with Crippen LogP contribution in [-0.2, 0) is 4.43 Å². The summed E-state index contributed by atoms with van der Waals surface area (Å²) in [6.45, 7) is 14.8. The number of likely N-dealkylation sites (tertiary alicyclic amines) is 1. The van der Waals surface area contributed by atoms with Gasteiger partial charge >= 0.3 is 0 Å². The lowest BCUT2D eigenvalue weighted by Crippen LogP contribution is -2.44. The zero-order chi connectivity index (χ0) is 12.4. The molecule has 1 aliphatic heterocycles. The number of rotatable bonds is 4.